The molecule has 0 aliphatic carbocycles. The molecule has 3 nitrogen and oxygen atoms in total. The molecule has 1 rings (SSSR count). The van der Waals surface area contributed by atoms with E-state index in [4.69, 9.17) is 10.7 Å². The van der Waals surface area contributed by atoms with E-state index < -0.39 is 26.1 Å². The van der Waals surface area contributed by atoms with Gasteiger partial charge in [-0.3, -0.25) is 0 Å². The van der Waals surface area contributed by atoms with E-state index in [0.29, 0.717) is 11.6 Å². The molecule has 1 aromatic rings. The number of aryl methyl sites for hydroxylation is 1. The molecule has 0 saturated carbocycles. The van der Waals surface area contributed by atoms with Gasteiger partial charge in [0.25, 0.3) is 9.05 Å². The summed E-state index contributed by atoms with van der Waals surface area (Å²) in [5, 5.41) is 0. The molecule has 0 heterocycles. The summed E-state index contributed by atoms with van der Waals surface area (Å²) in [5.74, 6) is -0.619. The lowest BCUT2D eigenvalue weighted by atomic mass is 10.2. The van der Waals surface area contributed by atoms with Gasteiger partial charge >= 0.3 is 6.36 Å². The van der Waals surface area contributed by atoms with E-state index in [-0.39, 0.29) is 0 Å². The highest BCUT2D eigenvalue weighted by molar-refractivity contribution is 8.13. The molecule has 90 valence electrons. The number of benzene rings is 1. The van der Waals surface area contributed by atoms with Crippen molar-refractivity contribution < 1.29 is 26.3 Å². The van der Waals surface area contributed by atoms with Crippen LogP contribution in [0.4, 0.5) is 13.2 Å². The van der Waals surface area contributed by atoms with Crippen molar-refractivity contribution >= 4 is 19.7 Å². The van der Waals surface area contributed by atoms with Gasteiger partial charge in [-0.2, -0.15) is 0 Å². The van der Waals surface area contributed by atoms with Crippen LogP contribution in [0, 0.1) is 6.92 Å². The van der Waals surface area contributed by atoms with Crippen molar-refractivity contribution in [3.05, 3.63) is 23.8 Å². The van der Waals surface area contributed by atoms with Crippen LogP contribution in [0.15, 0.2) is 23.1 Å². The zero-order valence-corrected chi connectivity index (χ0v) is 9.45. The maximum Gasteiger partial charge on any atom is 0.573 e. The average Bonchev–Trinajstić information content (AvgIpc) is 1.97. The second-order valence-electron chi connectivity index (χ2n) is 2.97. The Bertz CT molecular complexity index is 496. The van der Waals surface area contributed by atoms with Crippen LogP contribution in [0.3, 0.4) is 0 Å². The highest BCUT2D eigenvalue weighted by Gasteiger charge is 2.31. The molecule has 0 spiro atoms. The molecule has 0 fully saturated rings. The molecule has 0 bridgehead atoms. The van der Waals surface area contributed by atoms with Gasteiger partial charge in [-0.25, -0.2) is 8.42 Å². The molecule has 0 saturated heterocycles. The standard InChI is InChI=1S/C8H6ClF3O3S/c1-5-2-6(15-8(10,11)12)4-7(3-5)16(9,13)14/h2-4H,1H3. The van der Waals surface area contributed by atoms with Crippen LogP contribution in [0.1, 0.15) is 5.56 Å². The second kappa shape index (κ2) is 4.14. The minimum atomic E-state index is -4.87. The Morgan fingerprint density at radius 2 is 1.81 bits per heavy atom. The smallest absolute Gasteiger partial charge is 0.406 e. The fraction of sp³-hybridized carbons (Fsp3) is 0.250. The van der Waals surface area contributed by atoms with E-state index >= 15 is 0 Å². The third-order valence-corrected chi connectivity index (χ3v) is 2.87. The maximum atomic E-state index is 11.9. The van der Waals surface area contributed by atoms with E-state index in [0.717, 1.165) is 12.1 Å². The Hall–Kier alpha value is -0.950. The summed E-state index contributed by atoms with van der Waals surface area (Å²) in [5.41, 5.74) is 0.293. The predicted octanol–water partition coefficient (Wildman–Crippen LogP) is 2.82. The monoisotopic (exact) mass is 274 g/mol. The third kappa shape index (κ3) is 3.90. The number of ether oxygens (including phenoxy) is 1. The molecule has 0 aliphatic rings. The van der Waals surface area contributed by atoms with E-state index in [1.54, 1.807) is 0 Å². The van der Waals surface area contributed by atoms with Crippen molar-refractivity contribution in [2.24, 2.45) is 0 Å². The summed E-state index contributed by atoms with van der Waals surface area (Å²) in [6.07, 6.45) is -4.87. The average molecular weight is 275 g/mol. The zero-order chi connectivity index (χ0) is 12.6. The van der Waals surface area contributed by atoms with E-state index in [1.807, 2.05) is 0 Å². The van der Waals surface area contributed by atoms with Crippen molar-refractivity contribution in [3.63, 3.8) is 0 Å². The van der Waals surface area contributed by atoms with Gasteiger partial charge in [0.15, 0.2) is 0 Å². The molecule has 0 aliphatic heterocycles. The van der Waals surface area contributed by atoms with Crippen molar-refractivity contribution in [1.82, 2.24) is 0 Å². The Morgan fingerprint density at radius 1 is 1.25 bits per heavy atom. The maximum absolute atomic E-state index is 11.9. The van der Waals surface area contributed by atoms with Crippen LogP contribution in [-0.4, -0.2) is 14.8 Å². The SMILES string of the molecule is Cc1cc(OC(F)(F)F)cc(S(=O)(=O)Cl)c1. The van der Waals surface area contributed by atoms with Crippen molar-refractivity contribution in [2.45, 2.75) is 18.2 Å². The van der Waals surface area contributed by atoms with Crippen LogP contribution in [0.25, 0.3) is 0 Å². The fourth-order valence-electron chi connectivity index (χ4n) is 1.05. The molecule has 1 aromatic carbocycles. The first-order valence-electron chi connectivity index (χ1n) is 3.90. The summed E-state index contributed by atoms with van der Waals surface area (Å²) in [6, 6.07) is 2.91. The van der Waals surface area contributed by atoms with E-state index in [2.05, 4.69) is 4.74 Å². The molecule has 0 amide bonds. The largest absolute Gasteiger partial charge is 0.573 e. The van der Waals surface area contributed by atoms with Crippen LogP contribution >= 0.6 is 10.7 Å². The molecule has 0 atom stereocenters. The van der Waals surface area contributed by atoms with Crippen LogP contribution in [0.5, 0.6) is 5.75 Å². The molecular formula is C8H6ClF3O3S. The molecular weight excluding hydrogens is 269 g/mol. The quantitative estimate of drug-likeness (QED) is 0.779. The predicted molar refractivity (Wildman–Crippen MR) is 50.9 cm³/mol. The highest BCUT2D eigenvalue weighted by atomic mass is 35.7. The minimum absolute atomic E-state index is 0.293. The summed E-state index contributed by atoms with van der Waals surface area (Å²) in [7, 11) is 0.931. The number of halogens is 4. The van der Waals surface area contributed by atoms with Crippen molar-refractivity contribution in [2.75, 3.05) is 0 Å². The fourth-order valence-corrected chi connectivity index (χ4v) is 1.90. The molecule has 0 aromatic heterocycles. The number of rotatable bonds is 2. The third-order valence-electron chi connectivity index (χ3n) is 1.54. The number of alkyl halides is 3. The Kier molecular flexibility index (Phi) is 3.39. The second-order valence-corrected chi connectivity index (χ2v) is 5.53. The van der Waals surface area contributed by atoms with Gasteiger partial charge in [0.05, 0.1) is 4.90 Å². The number of hydrogen-bond donors (Lipinski definition) is 0. The van der Waals surface area contributed by atoms with Gasteiger partial charge in [0.1, 0.15) is 5.75 Å². The first-order chi connectivity index (χ1) is 7.08. The van der Waals surface area contributed by atoms with E-state index in [1.165, 1.54) is 6.92 Å². The normalized spacial score (nSPS) is 12.6. The minimum Gasteiger partial charge on any atom is -0.406 e. The first kappa shape index (κ1) is 13.1. The zero-order valence-electron chi connectivity index (χ0n) is 7.88. The lowest BCUT2D eigenvalue weighted by Crippen LogP contribution is -2.17. The van der Waals surface area contributed by atoms with Gasteiger partial charge in [-0.05, 0) is 24.6 Å². The first-order valence-corrected chi connectivity index (χ1v) is 6.21. The Labute approximate surface area is 94.2 Å². The summed E-state index contributed by atoms with van der Waals surface area (Å²) in [6.45, 7) is 1.43. The van der Waals surface area contributed by atoms with Gasteiger partial charge in [0.2, 0.25) is 0 Å². The van der Waals surface area contributed by atoms with Crippen LogP contribution in [-0.2, 0) is 9.05 Å². The van der Waals surface area contributed by atoms with Crippen molar-refractivity contribution in [3.8, 4) is 5.75 Å². The van der Waals surface area contributed by atoms with Gasteiger partial charge in [-0.15, -0.1) is 13.2 Å². The lowest BCUT2D eigenvalue weighted by Gasteiger charge is -2.10. The summed E-state index contributed by atoms with van der Waals surface area (Å²) in [4.78, 5) is -0.437. The van der Waals surface area contributed by atoms with Crippen LogP contribution < -0.4 is 4.74 Å². The Balaban J connectivity index is 3.19. The molecule has 0 radical (unpaired) electrons. The molecule has 0 unspecified atom stereocenters. The van der Waals surface area contributed by atoms with Gasteiger partial charge in [-0.1, -0.05) is 0 Å². The highest BCUT2D eigenvalue weighted by Crippen LogP contribution is 2.27. The molecule has 0 N–H and O–H groups in total. The van der Waals surface area contributed by atoms with E-state index in [9.17, 15) is 21.6 Å². The molecule has 8 heteroatoms. The molecule has 16 heavy (non-hydrogen) atoms. The van der Waals surface area contributed by atoms with Crippen LogP contribution in [0.2, 0.25) is 0 Å². The van der Waals surface area contributed by atoms with Gasteiger partial charge in [0, 0.05) is 16.7 Å². The lowest BCUT2D eigenvalue weighted by molar-refractivity contribution is -0.274. The summed E-state index contributed by atoms with van der Waals surface area (Å²) >= 11 is 0. The number of hydrogen-bond acceptors (Lipinski definition) is 3. The summed E-state index contributed by atoms with van der Waals surface area (Å²) < 4.78 is 61.1. The van der Waals surface area contributed by atoms with Crippen molar-refractivity contribution in [1.29, 1.82) is 0 Å². The van der Waals surface area contributed by atoms with Gasteiger partial charge < -0.3 is 4.74 Å². The topological polar surface area (TPSA) is 43.4 Å². The Morgan fingerprint density at radius 3 is 2.25 bits per heavy atom.